The zero-order chi connectivity index (χ0) is 23.7. The van der Waals surface area contributed by atoms with Gasteiger partial charge < -0.3 is 9.64 Å². The van der Waals surface area contributed by atoms with Gasteiger partial charge in [-0.15, -0.1) is 0 Å². The van der Waals surface area contributed by atoms with Crippen molar-refractivity contribution in [2.75, 3.05) is 19.7 Å². The normalized spacial score (nSPS) is 18.6. The van der Waals surface area contributed by atoms with Crippen molar-refractivity contribution in [3.8, 4) is 5.75 Å². The van der Waals surface area contributed by atoms with Crippen molar-refractivity contribution < 1.29 is 18.7 Å². The van der Waals surface area contributed by atoms with Crippen LogP contribution in [0.15, 0.2) is 36.4 Å². The second kappa shape index (κ2) is 10.2. The Bertz CT molecular complexity index is 1080. The number of hydrogen-bond acceptors (Lipinski definition) is 4. The minimum absolute atomic E-state index is 0.00586. The maximum Gasteiger partial charge on any atom is 0.264 e. The Morgan fingerprint density at radius 3 is 2.53 bits per heavy atom. The van der Waals surface area contributed by atoms with Gasteiger partial charge in [0.2, 0.25) is 0 Å². The number of benzene rings is 2. The Hall–Kier alpha value is -2.25. The van der Waals surface area contributed by atoms with Crippen molar-refractivity contribution in [1.82, 2.24) is 9.62 Å². The van der Waals surface area contributed by atoms with E-state index in [-0.39, 0.29) is 23.3 Å². The molecule has 0 unspecified atom stereocenters. The molecule has 34 heavy (non-hydrogen) atoms. The molecule has 1 N–H and O–H groups in total. The summed E-state index contributed by atoms with van der Waals surface area (Å²) in [6, 6.07) is 10.1. The van der Waals surface area contributed by atoms with Crippen molar-refractivity contribution in [3.63, 3.8) is 0 Å². The molecule has 0 aromatic heterocycles. The smallest absolute Gasteiger partial charge is 0.264 e. The number of halogens is 2. The molecule has 2 aliphatic carbocycles. The molecule has 180 valence electrons. The first-order chi connectivity index (χ1) is 16.5. The van der Waals surface area contributed by atoms with Crippen LogP contribution in [0.1, 0.15) is 70.7 Å². The summed E-state index contributed by atoms with van der Waals surface area (Å²) in [7, 11) is 0. The molecular weight excluding hydrogens is 475 g/mol. The summed E-state index contributed by atoms with van der Waals surface area (Å²) in [5.41, 5.74) is 1.62. The standard InChI is InChI=1S/C26H28ClFN2O3S/c27-19-3-1-2-18(12-19)26(32)30-10-8-16(9-11-30)15-33-24-14-23(28)22(13-21(24)17-4-5-17)25(31)29-34-20-6-7-20/h1-3,12-14,16-17,20H,4-11,15H2,(H,29,31). The summed E-state index contributed by atoms with van der Waals surface area (Å²) in [6.07, 6.45) is 5.91. The molecule has 2 amide bonds. The van der Waals surface area contributed by atoms with Crippen LogP contribution in [0.4, 0.5) is 4.39 Å². The van der Waals surface area contributed by atoms with E-state index in [1.165, 1.54) is 18.0 Å². The van der Waals surface area contributed by atoms with Crippen LogP contribution < -0.4 is 9.46 Å². The fraction of sp³-hybridized carbons (Fsp3) is 0.462. The SMILES string of the molecule is O=C(NSC1CC1)c1cc(C2CC2)c(OCC2CCN(C(=O)c3cccc(Cl)c3)CC2)cc1F. The fourth-order valence-electron chi connectivity index (χ4n) is 4.28. The lowest BCUT2D eigenvalue weighted by Gasteiger charge is -2.32. The zero-order valence-corrected chi connectivity index (χ0v) is 20.5. The van der Waals surface area contributed by atoms with E-state index < -0.39 is 5.82 Å². The van der Waals surface area contributed by atoms with E-state index >= 15 is 0 Å². The number of piperidine rings is 1. The highest BCUT2D eigenvalue weighted by Crippen LogP contribution is 2.45. The summed E-state index contributed by atoms with van der Waals surface area (Å²) in [6.45, 7) is 1.78. The van der Waals surface area contributed by atoms with Gasteiger partial charge in [-0.25, -0.2) is 4.39 Å². The summed E-state index contributed by atoms with van der Waals surface area (Å²) in [4.78, 5) is 27.1. The van der Waals surface area contributed by atoms with E-state index in [1.807, 2.05) is 4.90 Å². The van der Waals surface area contributed by atoms with Gasteiger partial charge in [-0.05, 0) is 92.1 Å². The van der Waals surface area contributed by atoms with Crippen LogP contribution in [0.25, 0.3) is 0 Å². The van der Waals surface area contributed by atoms with Crippen LogP contribution in [-0.2, 0) is 0 Å². The number of carbonyl (C=O) groups excluding carboxylic acids is 2. The lowest BCUT2D eigenvalue weighted by atomic mass is 9.97. The van der Waals surface area contributed by atoms with Crippen LogP contribution in [0.3, 0.4) is 0 Å². The van der Waals surface area contributed by atoms with Crippen molar-refractivity contribution >= 4 is 35.4 Å². The zero-order valence-electron chi connectivity index (χ0n) is 18.9. The third kappa shape index (κ3) is 5.69. The van der Waals surface area contributed by atoms with Gasteiger partial charge in [-0.2, -0.15) is 0 Å². The van der Waals surface area contributed by atoms with E-state index in [4.69, 9.17) is 16.3 Å². The van der Waals surface area contributed by atoms with Gasteiger partial charge in [0.05, 0.1) is 12.2 Å². The first kappa shape index (κ1) is 23.5. The van der Waals surface area contributed by atoms with Crippen LogP contribution in [0, 0.1) is 11.7 Å². The molecule has 5 rings (SSSR count). The molecule has 1 aliphatic heterocycles. The summed E-state index contributed by atoms with van der Waals surface area (Å²) >= 11 is 7.41. The maximum absolute atomic E-state index is 14.8. The van der Waals surface area contributed by atoms with Gasteiger partial charge >= 0.3 is 0 Å². The van der Waals surface area contributed by atoms with Crippen molar-refractivity contribution in [3.05, 3.63) is 63.9 Å². The summed E-state index contributed by atoms with van der Waals surface area (Å²) in [5.74, 6) is 0.235. The molecule has 1 saturated heterocycles. The number of hydrogen-bond donors (Lipinski definition) is 1. The maximum atomic E-state index is 14.8. The third-order valence-corrected chi connectivity index (χ3v) is 7.99. The molecule has 3 fully saturated rings. The summed E-state index contributed by atoms with van der Waals surface area (Å²) < 4.78 is 23.7. The highest BCUT2D eigenvalue weighted by molar-refractivity contribution is 7.98. The molecule has 8 heteroatoms. The van der Waals surface area contributed by atoms with Gasteiger partial charge in [0, 0.05) is 35.0 Å². The molecule has 0 spiro atoms. The predicted molar refractivity (Wildman–Crippen MR) is 132 cm³/mol. The van der Waals surface area contributed by atoms with E-state index in [0.29, 0.717) is 47.2 Å². The number of nitrogens with zero attached hydrogens (tertiary/aromatic N) is 1. The molecule has 0 radical (unpaired) electrons. The van der Waals surface area contributed by atoms with E-state index in [2.05, 4.69) is 4.72 Å². The molecule has 2 aromatic carbocycles. The molecule has 3 aliphatic rings. The second-order valence-corrected chi connectivity index (χ2v) is 11.0. The third-order valence-electron chi connectivity index (χ3n) is 6.65. The quantitative estimate of drug-likeness (QED) is 0.461. The van der Waals surface area contributed by atoms with Crippen LogP contribution in [0.5, 0.6) is 5.75 Å². The van der Waals surface area contributed by atoms with Gasteiger partial charge in [0.15, 0.2) is 0 Å². The van der Waals surface area contributed by atoms with E-state index in [1.54, 1.807) is 30.3 Å². The van der Waals surface area contributed by atoms with Crippen LogP contribution >= 0.6 is 23.5 Å². The number of amides is 2. The number of likely N-dealkylation sites (tertiary alicyclic amines) is 1. The lowest BCUT2D eigenvalue weighted by molar-refractivity contribution is 0.0660. The van der Waals surface area contributed by atoms with E-state index in [9.17, 15) is 14.0 Å². The van der Waals surface area contributed by atoms with Crippen LogP contribution in [0.2, 0.25) is 5.02 Å². The number of nitrogens with one attached hydrogen (secondary N) is 1. The molecule has 2 aromatic rings. The van der Waals surface area contributed by atoms with E-state index in [0.717, 1.165) is 44.1 Å². The second-order valence-electron chi connectivity index (χ2n) is 9.45. The highest BCUT2D eigenvalue weighted by atomic mass is 35.5. The summed E-state index contributed by atoms with van der Waals surface area (Å²) in [5, 5.41) is 1.02. The Kier molecular flexibility index (Phi) is 7.02. The molecule has 0 atom stereocenters. The topological polar surface area (TPSA) is 58.6 Å². The fourth-order valence-corrected chi connectivity index (χ4v) is 5.22. The first-order valence-corrected chi connectivity index (χ1v) is 13.2. The molecule has 2 saturated carbocycles. The average Bonchev–Trinajstić information content (AvgIpc) is 3.75. The number of ether oxygens (including phenoxy) is 1. The number of rotatable bonds is 8. The molecule has 1 heterocycles. The largest absolute Gasteiger partial charge is 0.493 e. The van der Waals surface area contributed by atoms with Crippen molar-refractivity contribution in [2.45, 2.75) is 49.7 Å². The lowest BCUT2D eigenvalue weighted by Crippen LogP contribution is -2.39. The predicted octanol–water partition coefficient (Wildman–Crippen LogP) is 5.83. The average molecular weight is 503 g/mol. The Morgan fingerprint density at radius 2 is 1.85 bits per heavy atom. The number of carbonyl (C=O) groups is 2. The monoisotopic (exact) mass is 502 g/mol. The molecule has 0 bridgehead atoms. The minimum atomic E-state index is -0.546. The van der Waals surface area contributed by atoms with Gasteiger partial charge in [0.1, 0.15) is 11.6 Å². The Morgan fingerprint density at radius 1 is 1.09 bits per heavy atom. The molecular formula is C26H28ClFN2O3S. The van der Waals surface area contributed by atoms with Gasteiger partial charge in [0.25, 0.3) is 11.8 Å². The minimum Gasteiger partial charge on any atom is -0.493 e. The van der Waals surface area contributed by atoms with Gasteiger partial charge in [-0.3, -0.25) is 14.3 Å². The Labute approximate surface area is 208 Å². The van der Waals surface area contributed by atoms with Crippen molar-refractivity contribution in [1.29, 1.82) is 0 Å². The van der Waals surface area contributed by atoms with Gasteiger partial charge in [-0.1, -0.05) is 17.7 Å². The Balaban J connectivity index is 1.18. The van der Waals surface area contributed by atoms with Crippen LogP contribution in [-0.4, -0.2) is 41.7 Å². The van der Waals surface area contributed by atoms with Crippen molar-refractivity contribution in [2.24, 2.45) is 5.92 Å². The molecule has 5 nitrogen and oxygen atoms in total. The highest BCUT2D eigenvalue weighted by Gasteiger charge is 2.31. The first-order valence-electron chi connectivity index (χ1n) is 11.9.